The van der Waals surface area contributed by atoms with Crippen LogP contribution in [-0.2, 0) is 4.74 Å². The molecule has 1 amide bonds. The number of rotatable bonds is 3. The van der Waals surface area contributed by atoms with Crippen LogP contribution in [0.15, 0.2) is 36.5 Å². The zero-order valence-corrected chi connectivity index (χ0v) is 12.4. The van der Waals surface area contributed by atoms with Gasteiger partial charge in [0.05, 0.1) is 16.8 Å². The molecule has 8 heteroatoms. The molecule has 0 aliphatic carbocycles. The molecule has 0 fully saturated rings. The first kappa shape index (κ1) is 15.5. The van der Waals surface area contributed by atoms with Crippen molar-refractivity contribution >= 4 is 17.6 Å². The van der Waals surface area contributed by atoms with Gasteiger partial charge in [-0.2, -0.15) is 5.10 Å². The monoisotopic (exact) mass is 304 g/mol. The Kier molecular flexibility index (Phi) is 4.11. The highest BCUT2D eigenvalue weighted by atomic mass is 16.6. The lowest BCUT2D eigenvalue weighted by atomic mass is 10.2. The molecule has 0 bridgehead atoms. The van der Waals surface area contributed by atoms with Gasteiger partial charge in [0, 0.05) is 18.2 Å². The van der Waals surface area contributed by atoms with Crippen LogP contribution in [0.2, 0.25) is 0 Å². The maximum atomic E-state index is 11.8. The second-order valence-electron chi connectivity index (χ2n) is 5.53. The molecule has 116 valence electrons. The summed E-state index contributed by atoms with van der Waals surface area (Å²) in [6.45, 7) is 5.29. The third-order valence-electron chi connectivity index (χ3n) is 2.58. The minimum absolute atomic E-state index is 0.0162. The van der Waals surface area contributed by atoms with Crippen LogP contribution >= 0.6 is 0 Å². The molecular weight excluding hydrogens is 288 g/mol. The molecule has 0 saturated heterocycles. The van der Waals surface area contributed by atoms with Crippen LogP contribution < -0.4 is 5.32 Å². The van der Waals surface area contributed by atoms with Crippen LogP contribution in [0.25, 0.3) is 5.69 Å². The molecule has 0 spiro atoms. The summed E-state index contributed by atoms with van der Waals surface area (Å²) in [7, 11) is 0. The number of non-ortho nitro benzene ring substituents is 1. The van der Waals surface area contributed by atoms with Crippen molar-refractivity contribution in [2.75, 3.05) is 5.32 Å². The van der Waals surface area contributed by atoms with E-state index in [0.29, 0.717) is 11.5 Å². The first-order chi connectivity index (χ1) is 10.3. The van der Waals surface area contributed by atoms with Crippen molar-refractivity contribution in [1.29, 1.82) is 0 Å². The third-order valence-corrected chi connectivity index (χ3v) is 2.58. The van der Waals surface area contributed by atoms with E-state index < -0.39 is 16.6 Å². The Morgan fingerprint density at radius 2 is 1.91 bits per heavy atom. The quantitative estimate of drug-likeness (QED) is 0.693. The van der Waals surface area contributed by atoms with E-state index in [0.717, 1.165) is 0 Å². The van der Waals surface area contributed by atoms with Crippen molar-refractivity contribution in [1.82, 2.24) is 9.78 Å². The average Bonchev–Trinajstić information content (AvgIpc) is 2.84. The summed E-state index contributed by atoms with van der Waals surface area (Å²) in [5, 5.41) is 17.3. The zero-order valence-electron chi connectivity index (χ0n) is 12.4. The van der Waals surface area contributed by atoms with Crippen LogP contribution in [0.5, 0.6) is 0 Å². The molecule has 8 nitrogen and oxygen atoms in total. The predicted molar refractivity (Wildman–Crippen MR) is 80.1 cm³/mol. The second kappa shape index (κ2) is 5.84. The molecule has 0 radical (unpaired) electrons. The molecule has 0 saturated carbocycles. The Bertz CT molecular complexity index is 686. The zero-order chi connectivity index (χ0) is 16.3. The number of ether oxygens (including phenoxy) is 1. The first-order valence-electron chi connectivity index (χ1n) is 6.55. The number of nitro groups is 1. The Hall–Kier alpha value is -2.90. The van der Waals surface area contributed by atoms with Gasteiger partial charge in [-0.3, -0.25) is 15.4 Å². The normalized spacial score (nSPS) is 11.0. The van der Waals surface area contributed by atoms with E-state index in [9.17, 15) is 14.9 Å². The standard InChI is InChI=1S/C14H16N4O4/c1-14(2,3)22-13(19)16-12-8-9-15-17(12)10-4-6-11(7-5-10)18(20)21/h4-9H,1-3H3,(H,16,19). The largest absolute Gasteiger partial charge is 0.444 e. The van der Waals surface area contributed by atoms with Crippen molar-refractivity contribution in [3.8, 4) is 5.69 Å². The molecule has 0 aliphatic rings. The summed E-state index contributed by atoms with van der Waals surface area (Å²) in [4.78, 5) is 22.0. The van der Waals surface area contributed by atoms with E-state index in [1.165, 1.54) is 23.0 Å². The van der Waals surface area contributed by atoms with Gasteiger partial charge in [-0.05, 0) is 32.9 Å². The number of nitrogens with zero attached hydrogens (tertiary/aromatic N) is 3. The summed E-state index contributed by atoms with van der Waals surface area (Å²) < 4.78 is 6.62. The van der Waals surface area contributed by atoms with E-state index in [2.05, 4.69) is 10.4 Å². The van der Waals surface area contributed by atoms with Gasteiger partial charge in [0.1, 0.15) is 11.4 Å². The van der Waals surface area contributed by atoms with Gasteiger partial charge >= 0.3 is 6.09 Å². The molecule has 1 aromatic heterocycles. The van der Waals surface area contributed by atoms with E-state index in [1.54, 1.807) is 39.0 Å². The van der Waals surface area contributed by atoms with Gasteiger partial charge in [0.25, 0.3) is 5.69 Å². The lowest BCUT2D eigenvalue weighted by Gasteiger charge is -2.19. The van der Waals surface area contributed by atoms with Crippen LogP contribution in [-0.4, -0.2) is 26.4 Å². The van der Waals surface area contributed by atoms with Crippen molar-refractivity contribution in [3.63, 3.8) is 0 Å². The van der Waals surface area contributed by atoms with Crippen LogP contribution in [0.1, 0.15) is 20.8 Å². The number of amides is 1. The summed E-state index contributed by atoms with van der Waals surface area (Å²) in [6, 6.07) is 7.44. The lowest BCUT2D eigenvalue weighted by Crippen LogP contribution is -2.27. The summed E-state index contributed by atoms with van der Waals surface area (Å²) in [5.41, 5.74) is -0.0401. The minimum Gasteiger partial charge on any atom is -0.444 e. The van der Waals surface area contributed by atoms with Crippen LogP contribution in [0, 0.1) is 10.1 Å². The van der Waals surface area contributed by atoms with E-state index in [4.69, 9.17) is 4.74 Å². The van der Waals surface area contributed by atoms with E-state index in [1.807, 2.05) is 0 Å². The molecule has 1 heterocycles. The fourth-order valence-electron chi connectivity index (χ4n) is 1.73. The number of nitrogens with one attached hydrogen (secondary N) is 1. The highest BCUT2D eigenvalue weighted by Gasteiger charge is 2.18. The number of carbonyl (C=O) groups is 1. The molecule has 0 unspecified atom stereocenters. The summed E-state index contributed by atoms with van der Waals surface area (Å²) in [5.74, 6) is 0.406. The molecule has 1 aromatic carbocycles. The van der Waals surface area contributed by atoms with Crippen molar-refractivity contribution in [3.05, 3.63) is 46.6 Å². The summed E-state index contributed by atoms with van der Waals surface area (Å²) >= 11 is 0. The second-order valence-corrected chi connectivity index (χ2v) is 5.53. The Balaban J connectivity index is 2.19. The number of hydrogen-bond donors (Lipinski definition) is 1. The van der Waals surface area contributed by atoms with Crippen molar-refractivity contribution in [2.45, 2.75) is 26.4 Å². The Morgan fingerprint density at radius 3 is 2.45 bits per heavy atom. The minimum atomic E-state index is -0.609. The molecule has 2 rings (SSSR count). The van der Waals surface area contributed by atoms with E-state index >= 15 is 0 Å². The number of nitro benzene ring substituents is 1. The Labute approximate surface area is 126 Å². The molecule has 22 heavy (non-hydrogen) atoms. The summed E-state index contributed by atoms with van der Waals surface area (Å²) in [6.07, 6.45) is 0.907. The van der Waals surface area contributed by atoms with Crippen molar-refractivity contribution < 1.29 is 14.5 Å². The van der Waals surface area contributed by atoms with E-state index in [-0.39, 0.29) is 5.69 Å². The number of benzene rings is 1. The molecule has 2 aromatic rings. The maximum absolute atomic E-state index is 11.8. The topological polar surface area (TPSA) is 99.3 Å². The van der Waals surface area contributed by atoms with Crippen LogP contribution in [0.3, 0.4) is 0 Å². The van der Waals surface area contributed by atoms with Gasteiger partial charge in [-0.1, -0.05) is 0 Å². The fraction of sp³-hybridized carbons (Fsp3) is 0.286. The van der Waals surface area contributed by atoms with Gasteiger partial charge < -0.3 is 4.74 Å². The smallest absolute Gasteiger partial charge is 0.413 e. The first-order valence-corrected chi connectivity index (χ1v) is 6.55. The predicted octanol–water partition coefficient (Wildman–Crippen LogP) is 3.13. The average molecular weight is 304 g/mol. The number of carbonyl (C=O) groups excluding carboxylic acids is 1. The third kappa shape index (κ3) is 3.81. The molecule has 1 N–H and O–H groups in total. The van der Waals surface area contributed by atoms with Gasteiger partial charge in [-0.15, -0.1) is 0 Å². The molecular formula is C14H16N4O4. The number of hydrogen-bond acceptors (Lipinski definition) is 5. The highest BCUT2D eigenvalue weighted by Crippen LogP contribution is 2.19. The lowest BCUT2D eigenvalue weighted by molar-refractivity contribution is -0.384. The maximum Gasteiger partial charge on any atom is 0.413 e. The molecule has 0 atom stereocenters. The van der Waals surface area contributed by atoms with Gasteiger partial charge in [0.2, 0.25) is 0 Å². The van der Waals surface area contributed by atoms with Crippen molar-refractivity contribution in [2.24, 2.45) is 0 Å². The Morgan fingerprint density at radius 1 is 1.27 bits per heavy atom. The van der Waals surface area contributed by atoms with Gasteiger partial charge in [0.15, 0.2) is 0 Å². The number of aromatic nitrogens is 2. The van der Waals surface area contributed by atoms with Crippen LogP contribution in [0.4, 0.5) is 16.3 Å². The van der Waals surface area contributed by atoms with Gasteiger partial charge in [-0.25, -0.2) is 9.48 Å². The fourth-order valence-corrected chi connectivity index (χ4v) is 1.73. The SMILES string of the molecule is CC(C)(C)OC(=O)Nc1ccnn1-c1ccc([N+](=O)[O-])cc1. The number of anilines is 1. The highest BCUT2D eigenvalue weighted by molar-refractivity contribution is 5.84. The molecule has 0 aliphatic heterocycles.